The molecule has 1 amide bonds. The molecule has 4 fully saturated rings. The van der Waals surface area contributed by atoms with Crippen molar-refractivity contribution in [3.05, 3.63) is 0 Å². The van der Waals surface area contributed by atoms with Gasteiger partial charge in [0.2, 0.25) is 5.91 Å². The van der Waals surface area contributed by atoms with E-state index >= 15 is 0 Å². The van der Waals surface area contributed by atoms with Crippen LogP contribution in [0.15, 0.2) is 0 Å². The van der Waals surface area contributed by atoms with E-state index in [0.717, 1.165) is 24.3 Å². The minimum atomic E-state index is 0.111. The summed E-state index contributed by atoms with van der Waals surface area (Å²) in [6.45, 7) is 2.50. The Morgan fingerprint density at radius 2 is 1.94 bits per heavy atom. The second-order valence-electron chi connectivity index (χ2n) is 6.46. The third kappa shape index (κ3) is 1.56. The minimum Gasteiger partial charge on any atom is -0.356 e. The normalized spacial score (nSPS) is 49.4. The second kappa shape index (κ2) is 3.46. The molecule has 0 heterocycles. The van der Waals surface area contributed by atoms with E-state index < -0.39 is 0 Å². The molecule has 4 aliphatic rings. The van der Waals surface area contributed by atoms with Crippen molar-refractivity contribution in [2.45, 2.75) is 45.1 Å². The number of nitrogens with two attached hydrogens (primary N) is 1. The number of carbonyl (C=O) groups excluding carboxylic acids is 1. The molecule has 0 saturated heterocycles. The van der Waals surface area contributed by atoms with E-state index in [9.17, 15) is 4.79 Å². The van der Waals surface area contributed by atoms with E-state index in [2.05, 4.69) is 5.32 Å². The molecule has 0 aromatic carbocycles. The van der Waals surface area contributed by atoms with Crippen LogP contribution < -0.4 is 11.1 Å². The maximum atomic E-state index is 11.1. The van der Waals surface area contributed by atoms with Gasteiger partial charge >= 0.3 is 0 Å². The predicted octanol–water partition coefficient (Wildman–Crippen LogP) is 1.28. The maximum absolute atomic E-state index is 11.1. The van der Waals surface area contributed by atoms with Crippen LogP contribution in [-0.4, -0.2) is 18.5 Å². The molecule has 4 bridgehead atoms. The highest BCUT2D eigenvalue weighted by Gasteiger charge is 2.54. The van der Waals surface area contributed by atoms with Gasteiger partial charge in [-0.2, -0.15) is 0 Å². The summed E-state index contributed by atoms with van der Waals surface area (Å²) in [7, 11) is 0. The highest BCUT2D eigenvalue weighted by Crippen LogP contribution is 2.59. The van der Waals surface area contributed by atoms with Gasteiger partial charge in [-0.1, -0.05) is 0 Å². The van der Waals surface area contributed by atoms with E-state index in [1.807, 2.05) is 0 Å². The molecule has 0 spiro atoms. The molecule has 3 heteroatoms. The van der Waals surface area contributed by atoms with Crippen molar-refractivity contribution in [1.29, 1.82) is 0 Å². The third-order valence-corrected chi connectivity index (χ3v) is 5.19. The van der Waals surface area contributed by atoms with Crippen molar-refractivity contribution in [2.24, 2.45) is 28.9 Å². The number of amides is 1. The zero-order valence-corrected chi connectivity index (χ0v) is 10.0. The van der Waals surface area contributed by atoms with Gasteiger partial charge in [0.05, 0.1) is 0 Å². The lowest BCUT2D eigenvalue weighted by atomic mass is 9.48. The summed E-state index contributed by atoms with van der Waals surface area (Å²) in [6, 6.07) is 0.446. The van der Waals surface area contributed by atoms with Crippen molar-refractivity contribution in [2.75, 3.05) is 6.54 Å². The molecule has 4 rings (SSSR count). The quantitative estimate of drug-likeness (QED) is 0.739. The van der Waals surface area contributed by atoms with E-state index in [1.54, 1.807) is 6.92 Å². The van der Waals surface area contributed by atoms with Crippen LogP contribution in [0.3, 0.4) is 0 Å². The number of carbonyl (C=O) groups is 1. The Balaban J connectivity index is 1.75. The molecular weight excluding hydrogens is 200 g/mol. The van der Waals surface area contributed by atoms with Gasteiger partial charge in [-0.25, -0.2) is 0 Å². The highest BCUT2D eigenvalue weighted by molar-refractivity contribution is 5.72. The van der Waals surface area contributed by atoms with E-state index in [-0.39, 0.29) is 5.91 Å². The molecule has 2 unspecified atom stereocenters. The first kappa shape index (κ1) is 10.6. The Labute approximate surface area is 97.2 Å². The largest absolute Gasteiger partial charge is 0.356 e. The molecule has 4 saturated carbocycles. The summed E-state index contributed by atoms with van der Waals surface area (Å²) in [5, 5.41) is 3.04. The molecular formula is C13H22N2O. The first-order chi connectivity index (χ1) is 7.58. The van der Waals surface area contributed by atoms with Crippen molar-refractivity contribution >= 4 is 5.91 Å². The molecule has 0 aliphatic heterocycles. The van der Waals surface area contributed by atoms with Gasteiger partial charge in [0.15, 0.2) is 0 Å². The van der Waals surface area contributed by atoms with Crippen molar-refractivity contribution in [3.8, 4) is 0 Å². The zero-order valence-electron chi connectivity index (χ0n) is 10.0. The minimum absolute atomic E-state index is 0.111. The summed E-state index contributed by atoms with van der Waals surface area (Å²) in [6.07, 6.45) is 6.52. The van der Waals surface area contributed by atoms with Crippen LogP contribution in [0.1, 0.15) is 39.0 Å². The van der Waals surface area contributed by atoms with Gasteiger partial charge in [0.1, 0.15) is 0 Å². The first-order valence-electron chi connectivity index (χ1n) is 6.58. The topological polar surface area (TPSA) is 55.1 Å². The lowest BCUT2D eigenvalue weighted by Gasteiger charge is -2.59. The van der Waals surface area contributed by atoms with E-state index in [0.29, 0.717) is 11.5 Å². The lowest BCUT2D eigenvalue weighted by molar-refractivity contribution is -0.121. The Hall–Kier alpha value is -0.570. The molecule has 0 aromatic heterocycles. The van der Waals surface area contributed by atoms with Crippen LogP contribution in [0.4, 0.5) is 0 Å². The molecule has 0 aromatic rings. The van der Waals surface area contributed by atoms with Crippen LogP contribution in [0.5, 0.6) is 0 Å². The maximum Gasteiger partial charge on any atom is 0.216 e. The average Bonchev–Trinajstić information content (AvgIpc) is 2.22. The number of nitrogens with one attached hydrogen (secondary N) is 1. The Kier molecular flexibility index (Phi) is 2.29. The summed E-state index contributed by atoms with van der Waals surface area (Å²) < 4.78 is 0. The van der Waals surface area contributed by atoms with Gasteiger partial charge in [-0.05, 0) is 55.3 Å². The number of rotatable bonds is 2. The summed E-state index contributed by atoms with van der Waals surface area (Å²) >= 11 is 0. The number of hydrogen-bond acceptors (Lipinski definition) is 2. The molecule has 3 N–H and O–H groups in total. The monoisotopic (exact) mass is 222 g/mol. The van der Waals surface area contributed by atoms with Crippen molar-refractivity contribution in [1.82, 2.24) is 5.32 Å². The van der Waals surface area contributed by atoms with Crippen LogP contribution in [0.2, 0.25) is 0 Å². The van der Waals surface area contributed by atoms with Crippen LogP contribution in [0, 0.1) is 23.2 Å². The van der Waals surface area contributed by atoms with Gasteiger partial charge in [0, 0.05) is 19.5 Å². The third-order valence-electron chi connectivity index (χ3n) is 5.19. The Morgan fingerprint density at radius 3 is 2.50 bits per heavy atom. The van der Waals surface area contributed by atoms with Gasteiger partial charge < -0.3 is 11.1 Å². The van der Waals surface area contributed by atoms with Crippen molar-refractivity contribution in [3.63, 3.8) is 0 Å². The van der Waals surface area contributed by atoms with E-state index in [1.165, 1.54) is 32.1 Å². The Morgan fingerprint density at radius 1 is 1.31 bits per heavy atom. The first-order valence-corrected chi connectivity index (χ1v) is 6.58. The van der Waals surface area contributed by atoms with Crippen LogP contribution >= 0.6 is 0 Å². The van der Waals surface area contributed by atoms with E-state index in [4.69, 9.17) is 5.73 Å². The summed E-state index contributed by atoms with van der Waals surface area (Å²) in [4.78, 5) is 11.1. The van der Waals surface area contributed by atoms with Gasteiger partial charge in [-0.15, -0.1) is 0 Å². The standard InChI is InChI=1S/C13H22N2O/c1-8(16)15-7-13-4-9-2-10(5-13)12(14)11(3-9)6-13/h9-12H,2-7,14H2,1H3,(H,15,16). The molecule has 0 radical (unpaired) electrons. The number of hydrogen-bond donors (Lipinski definition) is 2. The molecule has 3 nitrogen and oxygen atoms in total. The van der Waals surface area contributed by atoms with Gasteiger partial charge in [-0.3, -0.25) is 4.79 Å². The fraction of sp³-hybridized carbons (Fsp3) is 0.923. The summed E-state index contributed by atoms with van der Waals surface area (Å²) in [5.74, 6) is 2.48. The smallest absolute Gasteiger partial charge is 0.216 e. The lowest BCUT2D eigenvalue weighted by Crippen LogP contribution is -2.59. The SMILES string of the molecule is CC(=O)NCC12CC3CC(C1)C(N)C(C3)C2. The molecule has 2 atom stereocenters. The molecule has 90 valence electrons. The fourth-order valence-corrected chi connectivity index (χ4v) is 4.76. The molecule has 16 heavy (non-hydrogen) atoms. The van der Waals surface area contributed by atoms with Crippen LogP contribution in [-0.2, 0) is 4.79 Å². The van der Waals surface area contributed by atoms with Crippen molar-refractivity contribution < 1.29 is 4.79 Å². The predicted molar refractivity (Wildman–Crippen MR) is 62.6 cm³/mol. The second-order valence-corrected chi connectivity index (χ2v) is 6.46. The average molecular weight is 222 g/mol. The zero-order chi connectivity index (χ0) is 11.3. The summed E-state index contributed by atoms with van der Waals surface area (Å²) in [5.41, 5.74) is 6.70. The van der Waals surface area contributed by atoms with Crippen LogP contribution in [0.25, 0.3) is 0 Å². The fourth-order valence-electron chi connectivity index (χ4n) is 4.76. The van der Waals surface area contributed by atoms with Gasteiger partial charge in [0.25, 0.3) is 0 Å². The Bertz CT molecular complexity index is 299. The molecule has 4 aliphatic carbocycles. The highest BCUT2D eigenvalue weighted by atomic mass is 16.1.